The van der Waals surface area contributed by atoms with Crippen LogP contribution in [0.3, 0.4) is 0 Å². The molecule has 0 saturated heterocycles. The first kappa shape index (κ1) is 15.1. The Morgan fingerprint density at radius 2 is 1.95 bits per heavy atom. The van der Waals surface area contributed by atoms with Gasteiger partial charge in [0.1, 0.15) is 11.6 Å². The monoisotopic (exact) mass is 316 g/mol. The Balaban J connectivity index is 2.26. The maximum atomic E-state index is 11.4. The van der Waals surface area contributed by atoms with Crippen LogP contribution in [0.4, 0.5) is 0 Å². The molecule has 6 nitrogen and oxygen atoms in total. The van der Waals surface area contributed by atoms with E-state index < -0.39 is 9.05 Å². The Hall–Kier alpha value is -1.34. The van der Waals surface area contributed by atoms with E-state index in [1.807, 2.05) is 36.1 Å². The van der Waals surface area contributed by atoms with E-state index in [4.69, 9.17) is 10.7 Å². The zero-order valence-corrected chi connectivity index (χ0v) is 13.2. The second-order valence-corrected chi connectivity index (χ2v) is 7.40. The molecule has 0 aromatic carbocycles. The van der Waals surface area contributed by atoms with Crippen molar-refractivity contribution in [3.63, 3.8) is 0 Å². The maximum Gasteiger partial charge on any atom is 0.280 e. The summed E-state index contributed by atoms with van der Waals surface area (Å²) < 4.78 is 26.6. The van der Waals surface area contributed by atoms with Gasteiger partial charge in [-0.25, -0.2) is 18.4 Å². The number of aromatic nitrogens is 4. The van der Waals surface area contributed by atoms with Crippen LogP contribution in [0.15, 0.2) is 23.6 Å². The summed E-state index contributed by atoms with van der Waals surface area (Å²) in [5.41, 5.74) is 0. The number of nitrogens with zero attached hydrogens (tertiary/aromatic N) is 4. The summed E-state index contributed by atoms with van der Waals surface area (Å²) in [5, 5.41) is -0.0924. The summed E-state index contributed by atoms with van der Waals surface area (Å²) in [6, 6.07) is 0. The zero-order valence-electron chi connectivity index (χ0n) is 11.6. The van der Waals surface area contributed by atoms with Gasteiger partial charge in [-0.1, -0.05) is 13.8 Å². The highest BCUT2D eigenvalue weighted by atomic mass is 35.7. The fourth-order valence-electron chi connectivity index (χ4n) is 2.02. The van der Waals surface area contributed by atoms with Gasteiger partial charge >= 0.3 is 0 Å². The van der Waals surface area contributed by atoms with Gasteiger partial charge in [0.25, 0.3) is 9.05 Å². The molecule has 20 heavy (non-hydrogen) atoms. The Bertz CT molecular complexity index is 703. The molecule has 0 aliphatic heterocycles. The van der Waals surface area contributed by atoms with Crippen molar-refractivity contribution < 1.29 is 8.42 Å². The highest BCUT2D eigenvalue weighted by Gasteiger charge is 2.19. The summed E-state index contributed by atoms with van der Waals surface area (Å²) in [4.78, 5) is 8.27. The van der Waals surface area contributed by atoms with Crippen LogP contribution in [-0.2, 0) is 22.1 Å². The molecule has 0 aliphatic rings. The van der Waals surface area contributed by atoms with Crippen LogP contribution >= 0.6 is 10.7 Å². The molecule has 0 bridgehead atoms. The number of halogens is 1. The van der Waals surface area contributed by atoms with Crippen molar-refractivity contribution in [2.24, 2.45) is 0 Å². The quantitative estimate of drug-likeness (QED) is 0.792. The van der Waals surface area contributed by atoms with Crippen LogP contribution in [0, 0.1) is 6.92 Å². The van der Waals surface area contributed by atoms with E-state index in [1.54, 1.807) is 6.20 Å². The normalized spacial score (nSPS) is 12.2. The van der Waals surface area contributed by atoms with Crippen molar-refractivity contribution in [3.8, 4) is 0 Å². The van der Waals surface area contributed by atoms with Gasteiger partial charge in [0, 0.05) is 48.3 Å². The maximum absolute atomic E-state index is 11.4. The van der Waals surface area contributed by atoms with E-state index in [-0.39, 0.29) is 10.9 Å². The molecule has 2 rings (SSSR count). The third-order valence-electron chi connectivity index (χ3n) is 3.06. The fraction of sp³-hybridized carbons (Fsp3) is 0.500. The highest BCUT2D eigenvalue weighted by Crippen LogP contribution is 2.20. The first-order valence-corrected chi connectivity index (χ1v) is 8.59. The molecule has 0 N–H and O–H groups in total. The Kier molecular flexibility index (Phi) is 4.19. The van der Waals surface area contributed by atoms with Gasteiger partial charge < -0.3 is 9.13 Å². The smallest absolute Gasteiger partial charge is 0.280 e. The Morgan fingerprint density at radius 3 is 2.45 bits per heavy atom. The molecule has 0 amide bonds. The minimum atomic E-state index is -3.80. The van der Waals surface area contributed by atoms with E-state index in [9.17, 15) is 8.42 Å². The largest absolute Gasteiger partial charge is 0.333 e. The van der Waals surface area contributed by atoms with Gasteiger partial charge in [-0.2, -0.15) is 0 Å². The lowest BCUT2D eigenvalue weighted by atomic mass is 10.2. The van der Waals surface area contributed by atoms with E-state index in [0.717, 1.165) is 5.82 Å². The van der Waals surface area contributed by atoms with Gasteiger partial charge in [0.15, 0.2) is 5.03 Å². The zero-order chi connectivity index (χ0) is 14.9. The van der Waals surface area contributed by atoms with Crippen LogP contribution < -0.4 is 0 Å². The van der Waals surface area contributed by atoms with Crippen molar-refractivity contribution >= 4 is 19.7 Å². The predicted molar refractivity (Wildman–Crippen MR) is 76.3 cm³/mol. The van der Waals surface area contributed by atoms with Crippen molar-refractivity contribution in [1.29, 1.82) is 0 Å². The molecule has 0 radical (unpaired) electrons. The number of hydrogen-bond acceptors (Lipinski definition) is 4. The average molecular weight is 317 g/mol. The third kappa shape index (κ3) is 3.21. The van der Waals surface area contributed by atoms with Crippen molar-refractivity contribution in [2.45, 2.75) is 44.8 Å². The van der Waals surface area contributed by atoms with E-state index in [1.165, 1.54) is 6.20 Å². The molecule has 0 fully saturated rings. The highest BCUT2D eigenvalue weighted by molar-refractivity contribution is 8.13. The second-order valence-electron chi connectivity index (χ2n) is 4.89. The standard InChI is InChI=1S/C12H17ClN4O2S/c1-9(2)12-15-11(20(13,18)19)8-17(12)7-6-16-5-4-14-10(16)3/h4-5,8-9H,6-7H2,1-3H3. The van der Waals surface area contributed by atoms with E-state index >= 15 is 0 Å². The summed E-state index contributed by atoms with van der Waals surface area (Å²) in [6.07, 6.45) is 5.12. The van der Waals surface area contributed by atoms with Gasteiger partial charge in [-0.3, -0.25) is 0 Å². The van der Waals surface area contributed by atoms with E-state index in [0.29, 0.717) is 18.9 Å². The number of aryl methyl sites for hydroxylation is 3. The summed E-state index contributed by atoms with van der Waals surface area (Å²) in [5.74, 6) is 1.74. The fourth-order valence-corrected chi connectivity index (χ4v) is 2.70. The Labute approximate surface area is 122 Å². The van der Waals surface area contributed by atoms with Crippen LogP contribution in [0.1, 0.15) is 31.4 Å². The lowest BCUT2D eigenvalue weighted by Crippen LogP contribution is -2.11. The molecule has 8 heteroatoms. The van der Waals surface area contributed by atoms with Crippen molar-refractivity contribution in [3.05, 3.63) is 30.2 Å². The molecule has 110 valence electrons. The molecule has 0 spiro atoms. The topological polar surface area (TPSA) is 69.8 Å². The molecule has 0 atom stereocenters. The Morgan fingerprint density at radius 1 is 1.30 bits per heavy atom. The molecule has 2 aromatic heterocycles. The second kappa shape index (κ2) is 5.57. The van der Waals surface area contributed by atoms with Crippen LogP contribution in [0.2, 0.25) is 0 Å². The van der Waals surface area contributed by atoms with Gasteiger partial charge in [-0.15, -0.1) is 0 Å². The van der Waals surface area contributed by atoms with Gasteiger partial charge in [-0.05, 0) is 6.92 Å². The third-order valence-corrected chi connectivity index (χ3v) is 4.23. The molecular weight excluding hydrogens is 300 g/mol. The molecular formula is C12H17ClN4O2S. The van der Waals surface area contributed by atoms with Crippen LogP contribution in [0.25, 0.3) is 0 Å². The average Bonchev–Trinajstić information content (AvgIpc) is 2.91. The minimum absolute atomic E-state index is 0.0924. The number of hydrogen-bond donors (Lipinski definition) is 0. The molecule has 2 heterocycles. The molecule has 0 unspecified atom stereocenters. The number of imidazole rings is 2. The van der Waals surface area contributed by atoms with Gasteiger partial charge in [0.2, 0.25) is 0 Å². The van der Waals surface area contributed by atoms with Gasteiger partial charge in [0.05, 0.1) is 0 Å². The lowest BCUT2D eigenvalue weighted by Gasteiger charge is -2.11. The first-order valence-electron chi connectivity index (χ1n) is 6.28. The summed E-state index contributed by atoms with van der Waals surface area (Å²) in [6.45, 7) is 7.16. The van der Waals surface area contributed by atoms with Crippen LogP contribution in [-0.4, -0.2) is 27.5 Å². The minimum Gasteiger partial charge on any atom is -0.333 e. The summed E-state index contributed by atoms with van der Waals surface area (Å²) in [7, 11) is 1.56. The SMILES string of the molecule is Cc1nccn1CCn1cc(S(=O)(=O)Cl)nc1C(C)C. The molecule has 0 aliphatic carbocycles. The summed E-state index contributed by atoms with van der Waals surface area (Å²) >= 11 is 0. The number of rotatable bonds is 5. The first-order chi connectivity index (χ1) is 9.29. The molecule has 0 saturated carbocycles. The predicted octanol–water partition coefficient (Wildman–Crippen LogP) is 2.14. The molecule has 2 aromatic rings. The van der Waals surface area contributed by atoms with Crippen molar-refractivity contribution in [1.82, 2.24) is 19.1 Å². The lowest BCUT2D eigenvalue weighted by molar-refractivity contribution is 0.538. The van der Waals surface area contributed by atoms with Crippen molar-refractivity contribution in [2.75, 3.05) is 0 Å². The van der Waals surface area contributed by atoms with Crippen LogP contribution in [0.5, 0.6) is 0 Å². The van der Waals surface area contributed by atoms with E-state index in [2.05, 4.69) is 9.97 Å².